The summed E-state index contributed by atoms with van der Waals surface area (Å²) < 4.78 is 23.1. The molecule has 0 unspecified atom stereocenters. The number of amides is 2. The summed E-state index contributed by atoms with van der Waals surface area (Å²) >= 11 is 0. The van der Waals surface area contributed by atoms with Gasteiger partial charge in [-0.3, -0.25) is 9.59 Å². The van der Waals surface area contributed by atoms with Crippen LogP contribution in [0.1, 0.15) is 23.7 Å². The van der Waals surface area contributed by atoms with E-state index < -0.39 is 5.91 Å². The van der Waals surface area contributed by atoms with Crippen LogP contribution in [0.15, 0.2) is 47.6 Å². The van der Waals surface area contributed by atoms with E-state index in [4.69, 9.17) is 9.47 Å². The minimum atomic E-state index is -0.450. The number of hydrogen-bond acceptors (Lipinski definition) is 5. The highest BCUT2D eigenvalue weighted by Crippen LogP contribution is 2.27. The summed E-state index contributed by atoms with van der Waals surface area (Å²) in [4.78, 5) is 24.1. The van der Waals surface area contributed by atoms with Crippen molar-refractivity contribution in [2.45, 2.75) is 13.3 Å². The number of ether oxygens (including phenoxy) is 2. The second-order valence-electron chi connectivity index (χ2n) is 5.59. The zero-order chi connectivity index (χ0) is 19.8. The Bertz CT molecular complexity index is 851. The van der Waals surface area contributed by atoms with Crippen LogP contribution in [0.3, 0.4) is 0 Å². The number of nitrogens with zero attached hydrogens (tertiary/aromatic N) is 1. The molecule has 0 aliphatic rings. The summed E-state index contributed by atoms with van der Waals surface area (Å²) in [6, 6.07) is 10.1. The molecule has 27 heavy (non-hydrogen) atoms. The maximum absolute atomic E-state index is 12.9. The van der Waals surface area contributed by atoms with E-state index in [1.54, 1.807) is 19.1 Å². The molecular formula is C19H20FN3O4. The van der Waals surface area contributed by atoms with Crippen molar-refractivity contribution < 1.29 is 23.5 Å². The molecule has 0 fully saturated rings. The molecule has 0 saturated heterocycles. The second kappa shape index (κ2) is 9.33. The molecule has 2 aromatic carbocycles. The zero-order valence-electron chi connectivity index (χ0n) is 15.2. The fourth-order valence-corrected chi connectivity index (χ4v) is 2.20. The Morgan fingerprint density at radius 1 is 1.04 bits per heavy atom. The minimum Gasteiger partial charge on any atom is -0.493 e. The zero-order valence-corrected chi connectivity index (χ0v) is 15.2. The van der Waals surface area contributed by atoms with Crippen LogP contribution in [0.2, 0.25) is 0 Å². The molecule has 0 atom stereocenters. The molecule has 2 rings (SSSR count). The third kappa shape index (κ3) is 5.81. The fraction of sp³-hybridized carbons (Fsp3) is 0.211. The quantitative estimate of drug-likeness (QED) is 0.577. The predicted octanol–water partition coefficient (Wildman–Crippen LogP) is 2.98. The molecule has 0 aromatic heterocycles. The van der Waals surface area contributed by atoms with Gasteiger partial charge in [-0.15, -0.1) is 0 Å². The fourth-order valence-electron chi connectivity index (χ4n) is 2.20. The van der Waals surface area contributed by atoms with Crippen LogP contribution in [0.5, 0.6) is 11.5 Å². The van der Waals surface area contributed by atoms with Crippen molar-refractivity contribution in [2.24, 2.45) is 5.10 Å². The smallest absolute Gasteiger partial charge is 0.271 e. The number of methoxy groups -OCH3 is 2. The van der Waals surface area contributed by atoms with Gasteiger partial charge in [0.2, 0.25) is 5.91 Å². The van der Waals surface area contributed by atoms with E-state index in [2.05, 4.69) is 15.8 Å². The van der Waals surface area contributed by atoms with Gasteiger partial charge >= 0.3 is 0 Å². The van der Waals surface area contributed by atoms with Crippen molar-refractivity contribution in [3.8, 4) is 11.5 Å². The summed E-state index contributed by atoms with van der Waals surface area (Å²) in [6.45, 7) is 1.61. The van der Waals surface area contributed by atoms with Crippen molar-refractivity contribution >= 4 is 23.2 Å². The molecule has 0 spiro atoms. The van der Waals surface area contributed by atoms with Crippen molar-refractivity contribution in [2.75, 3.05) is 19.5 Å². The van der Waals surface area contributed by atoms with Gasteiger partial charge in [0.05, 0.1) is 20.6 Å². The molecule has 8 heteroatoms. The molecule has 0 bridgehead atoms. The van der Waals surface area contributed by atoms with Gasteiger partial charge in [-0.2, -0.15) is 5.10 Å². The summed E-state index contributed by atoms with van der Waals surface area (Å²) in [6.07, 6.45) is -0.0242. The molecule has 2 aromatic rings. The number of nitrogens with one attached hydrogen (secondary N) is 2. The van der Waals surface area contributed by atoms with E-state index in [0.717, 1.165) is 0 Å². The summed E-state index contributed by atoms with van der Waals surface area (Å²) in [5.41, 5.74) is 3.60. The highest BCUT2D eigenvalue weighted by Gasteiger charge is 2.11. The Balaban J connectivity index is 1.93. The topological polar surface area (TPSA) is 89.0 Å². The van der Waals surface area contributed by atoms with Gasteiger partial charge in [0.15, 0.2) is 11.5 Å². The van der Waals surface area contributed by atoms with Crippen LogP contribution in [0.25, 0.3) is 0 Å². The van der Waals surface area contributed by atoms with Crippen LogP contribution in [-0.4, -0.2) is 31.7 Å². The van der Waals surface area contributed by atoms with Crippen LogP contribution >= 0.6 is 0 Å². The third-order valence-electron chi connectivity index (χ3n) is 3.54. The monoisotopic (exact) mass is 373 g/mol. The van der Waals surface area contributed by atoms with E-state index in [0.29, 0.717) is 28.5 Å². The highest BCUT2D eigenvalue weighted by molar-refractivity contribution is 6.06. The van der Waals surface area contributed by atoms with Gasteiger partial charge in [-0.1, -0.05) is 0 Å². The average molecular weight is 373 g/mol. The first kappa shape index (κ1) is 19.9. The van der Waals surface area contributed by atoms with Crippen molar-refractivity contribution in [1.82, 2.24) is 5.43 Å². The maximum atomic E-state index is 12.9. The Labute approximate surface area is 156 Å². The van der Waals surface area contributed by atoms with E-state index in [1.165, 1.54) is 44.6 Å². The van der Waals surface area contributed by atoms with Gasteiger partial charge in [-0.05, 0) is 49.4 Å². The summed E-state index contributed by atoms with van der Waals surface area (Å²) in [5.74, 6) is -0.239. The molecule has 2 amide bonds. The molecule has 0 radical (unpaired) electrons. The molecule has 7 nitrogen and oxygen atoms in total. The molecule has 2 N–H and O–H groups in total. The van der Waals surface area contributed by atoms with E-state index in [1.807, 2.05) is 0 Å². The van der Waals surface area contributed by atoms with Crippen LogP contribution in [0.4, 0.5) is 10.1 Å². The molecule has 0 aliphatic heterocycles. The van der Waals surface area contributed by atoms with E-state index in [-0.39, 0.29) is 18.1 Å². The number of hydrazone groups is 1. The molecule has 142 valence electrons. The number of hydrogen-bond donors (Lipinski definition) is 2. The Kier molecular flexibility index (Phi) is 6.87. The average Bonchev–Trinajstić information content (AvgIpc) is 2.67. The normalized spacial score (nSPS) is 10.9. The SMILES string of the molecule is COc1ccc(C(=O)NN=C(C)CC(=O)Nc2ccc(F)cc2)cc1OC. The number of halogens is 1. The van der Waals surface area contributed by atoms with Gasteiger partial charge < -0.3 is 14.8 Å². The van der Waals surface area contributed by atoms with Crippen LogP contribution < -0.4 is 20.2 Å². The number of anilines is 1. The maximum Gasteiger partial charge on any atom is 0.271 e. The lowest BCUT2D eigenvalue weighted by atomic mass is 10.2. The summed E-state index contributed by atoms with van der Waals surface area (Å²) in [5, 5.41) is 6.54. The number of carbonyl (C=O) groups is 2. The predicted molar refractivity (Wildman–Crippen MR) is 99.8 cm³/mol. The lowest BCUT2D eigenvalue weighted by Gasteiger charge is -2.09. The minimum absolute atomic E-state index is 0.0242. The van der Waals surface area contributed by atoms with E-state index in [9.17, 15) is 14.0 Å². The van der Waals surface area contributed by atoms with Crippen LogP contribution in [0, 0.1) is 5.82 Å². The van der Waals surface area contributed by atoms with Crippen molar-refractivity contribution in [3.63, 3.8) is 0 Å². The van der Waals surface area contributed by atoms with Crippen molar-refractivity contribution in [3.05, 3.63) is 53.8 Å². The first-order valence-electron chi connectivity index (χ1n) is 8.04. The van der Waals surface area contributed by atoms with Gasteiger partial charge in [-0.25, -0.2) is 9.82 Å². The largest absolute Gasteiger partial charge is 0.493 e. The third-order valence-corrected chi connectivity index (χ3v) is 3.54. The Hall–Kier alpha value is -3.42. The molecule has 0 saturated carbocycles. The Morgan fingerprint density at radius 3 is 2.33 bits per heavy atom. The van der Waals surface area contributed by atoms with E-state index >= 15 is 0 Å². The summed E-state index contributed by atoms with van der Waals surface area (Å²) in [7, 11) is 2.98. The lowest BCUT2D eigenvalue weighted by Crippen LogP contribution is -2.21. The number of carbonyl (C=O) groups excluding carboxylic acids is 2. The highest BCUT2D eigenvalue weighted by atomic mass is 19.1. The Morgan fingerprint density at radius 2 is 1.70 bits per heavy atom. The first-order chi connectivity index (χ1) is 12.9. The number of rotatable bonds is 7. The lowest BCUT2D eigenvalue weighted by molar-refractivity contribution is -0.115. The second-order valence-corrected chi connectivity index (χ2v) is 5.59. The van der Waals surface area contributed by atoms with Crippen molar-refractivity contribution in [1.29, 1.82) is 0 Å². The first-order valence-corrected chi connectivity index (χ1v) is 8.04. The van der Waals surface area contributed by atoms with Gasteiger partial charge in [0, 0.05) is 17.0 Å². The van der Waals surface area contributed by atoms with Gasteiger partial charge in [0.1, 0.15) is 5.82 Å². The molecular weight excluding hydrogens is 353 g/mol. The molecule has 0 heterocycles. The van der Waals surface area contributed by atoms with Gasteiger partial charge in [0.25, 0.3) is 5.91 Å². The number of benzene rings is 2. The molecule has 0 aliphatic carbocycles. The van der Waals surface area contributed by atoms with Crippen LogP contribution in [-0.2, 0) is 4.79 Å². The standard InChI is InChI=1S/C19H20FN3O4/c1-12(10-18(24)21-15-7-5-14(20)6-8-15)22-23-19(25)13-4-9-16(26-2)17(11-13)27-3/h4-9,11H,10H2,1-3H3,(H,21,24)(H,23,25).